The molecular weight excluding hydrogens is 388 g/mol. The zero-order chi connectivity index (χ0) is 23.8. The zero-order valence-electron chi connectivity index (χ0n) is 21.8. The summed E-state index contributed by atoms with van der Waals surface area (Å²) in [6.07, 6.45) is 15.7. The summed E-state index contributed by atoms with van der Waals surface area (Å²) in [4.78, 5) is 0. The Morgan fingerprint density at radius 2 is 1.09 bits per heavy atom. The Balaban J connectivity index is 2.13. The minimum absolute atomic E-state index is 0.183. The molecule has 3 rings (SSSR count). The molecule has 0 radical (unpaired) electrons. The van der Waals surface area contributed by atoms with E-state index in [1.165, 1.54) is 16.7 Å². The van der Waals surface area contributed by atoms with E-state index in [4.69, 9.17) is 0 Å². The fourth-order valence-electron chi connectivity index (χ4n) is 5.99. The van der Waals surface area contributed by atoms with Gasteiger partial charge in [0.2, 0.25) is 0 Å². The van der Waals surface area contributed by atoms with Crippen LogP contribution in [-0.4, -0.2) is 5.11 Å². The van der Waals surface area contributed by atoms with Gasteiger partial charge in [-0.05, 0) is 83.1 Å². The molecule has 4 unspecified atom stereocenters. The molecule has 0 aliphatic heterocycles. The summed E-state index contributed by atoms with van der Waals surface area (Å²) in [5.74, 6) is 2.19. The summed E-state index contributed by atoms with van der Waals surface area (Å²) < 4.78 is 0. The van der Waals surface area contributed by atoms with Crippen LogP contribution in [0.3, 0.4) is 0 Å². The number of aryl methyl sites for hydroxylation is 1. The Labute approximate surface area is 197 Å². The average Bonchev–Trinajstić information content (AvgIpc) is 2.72. The van der Waals surface area contributed by atoms with Gasteiger partial charge in [0, 0.05) is 11.1 Å². The molecule has 1 aromatic rings. The highest BCUT2D eigenvalue weighted by atomic mass is 16.3. The molecule has 0 fully saturated rings. The second-order valence-electron chi connectivity index (χ2n) is 12.0. The molecular formula is C31H44O. The van der Waals surface area contributed by atoms with Gasteiger partial charge in [0.15, 0.2) is 0 Å². The van der Waals surface area contributed by atoms with Crippen molar-refractivity contribution in [1.82, 2.24) is 0 Å². The third kappa shape index (κ3) is 4.68. The summed E-state index contributed by atoms with van der Waals surface area (Å²) in [5.41, 5.74) is 6.18. The van der Waals surface area contributed by atoms with Crippen LogP contribution in [0.5, 0.6) is 5.75 Å². The number of rotatable bonds is 4. The molecule has 174 valence electrons. The van der Waals surface area contributed by atoms with E-state index in [0.717, 1.165) is 24.0 Å². The van der Waals surface area contributed by atoms with E-state index >= 15 is 0 Å². The van der Waals surface area contributed by atoms with Crippen molar-refractivity contribution in [1.29, 1.82) is 0 Å². The largest absolute Gasteiger partial charge is 0.507 e. The Morgan fingerprint density at radius 1 is 0.719 bits per heavy atom. The summed E-state index contributed by atoms with van der Waals surface area (Å²) in [5, 5.41) is 11.7. The van der Waals surface area contributed by atoms with Gasteiger partial charge in [0.25, 0.3) is 0 Å². The van der Waals surface area contributed by atoms with Crippen molar-refractivity contribution in [3.8, 4) is 5.75 Å². The van der Waals surface area contributed by atoms with E-state index in [2.05, 4.69) is 111 Å². The minimum atomic E-state index is 0.183. The summed E-state index contributed by atoms with van der Waals surface area (Å²) in [6, 6.07) is 4.38. The number of phenolic OH excluding ortho intramolecular Hbond substituents is 1. The molecule has 0 heterocycles. The normalized spacial score (nSPS) is 26.2. The number of phenols is 1. The van der Waals surface area contributed by atoms with Crippen LogP contribution in [0.4, 0.5) is 0 Å². The minimum Gasteiger partial charge on any atom is -0.507 e. The highest BCUT2D eigenvalue weighted by Gasteiger charge is 2.36. The number of hydrogen-bond acceptors (Lipinski definition) is 1. The van der Waals surface area contributed by atoms with E-state index in [1.54, 1.807) is 0 Å². The van der Waals surface area contributed by atoms with Gasteiger partial charge in [-0.3, -0.25) is 0 Å². The Bertz CT molecular complexity index is 880. The Hall–Kier alpha value is -2.02. The molecule has 2 aliphatic rings. The van der Waals surface area contributed by atoms with Gasteiger partial charge in [0.05, 0.1) is 0 Å². The van der Waals surface area contributed by atoms with Crippen molar-refractivity contribution < 1.29 is 5.11 Å². The first kappa shape index (κ1) is 24.6. The van der Waals surface area contributed by atoms with Gasteiger partial charge >= 0.3 is 0 Å². The van der Waals surface area contributed by atoms with Gasteiger partial charge in [-0.15, -0.1) is 0 Å². The molecule has 0 saturated carbocycles. The van der Waals surface area contributed by atoms with E-state index in [9.17, 15) is 5.11 Å². The van der Waals surface area contributed by atoms with Crippen molar-refractivity contribution in [2.45, 2.75) is 75.2 Å². The van der Waals surface area contributed by atoms with Gasteiger partial charge in [-0.2, -0.15) is 0 Å². The van der Waals surface area contributed by atoms with Crippen molar-refractivity contribution in [3.05, 3.63) is 65.3 Å². The highest BCUT2D eigenvalue weighted by molar-refractivity contribution is 5.83. The maximum atomic E-state index is 11.7. The maximum absolute atomic E-state index is 11.7. The molecule has 0 spiro atoms. The van der Waals surface area contributed by atoms with E-state index in [0.29, 0.717) is 29.4 Å². The molecule has 0 amide bonds. The van der Waals surface area contributed by atoms with Crippen molar-refractivity contribution in [2.75, 3.05) is 0 Å². The average molecular weight is 433 g/mol. The first-order valence-corrected chi connectivity index (χ1v) is 12.5. The Kier molecular flexibility index (Phi) is 6.99. The number of benzene rings is 1. The summed E-state index contributed by atoms with van der Waals surface area (Å²) in [6.45, 7) is 20.7. The first-order chi connectivity index (χ1) is 14.9. The van der Waals surface area contributed by atoms with Crippen LogP contribution in [0, 0.1) is 41.4 Å². The monoisotopic (exact) mass is 432 g/mol. The van der Waals surface area contributed by atoms with Crippen LogP contribution in [0.2, 0.25) is 0 Å². The molecule has 1 N–H and O–H groups in total. The van der Waals surface area contributed by atoms with E-state index in [1.807, 2.05) is 0 Å². The van der Waals surface area contributed by atoms with Crippen molar-refractivity contribution in [2.24, 2.45) is 34.5 Å². The standard InChI is InChI=1S/C31H44O/c1-10-21-23(14-12-16-27(21)30(4,5)6)25-18-20(3)19-26(29(25)32)24-15-13-17-28(22(24)11-2)31(7,8)9/h12-19,21-22,27-28,32H,10-11H2,1-9H3. The fraction of sp³-hybridized carbons (Fsp3) is 0.548. The van der Waals surface area contributed by atoms with Gasteiger partial charge in [-0.25, -0.2) is 0 Å². The number of hydrogen-bond donors (Lipinski definition) is 1. The van der Waals surface area contributed by atoms with Crippen molar-refractivity contribution >= 4 is 11.1 Å². The molecule has 4 atom stereocenters. The summed E-state index contributed by atoms with van der Waals surface area (Å²) >= 11 is 0. The Morgan fingerprint density at radius 3 is 1.41 bits per heavy atom. The lowest BCUT2D eigenvalue weighted by atomic mass is 9.65. The molecule has 2 aliphatic carbocycles. The van der Waals surface area contributed by atoms with Crippen LogP contribution in [0.25, 0.3) is 11.1 Å². The molecule has 1 heteroatoms. The fourth-order valence-corrected chi connectivity index (χ4v) is 5.99. The molecule has 1 aromatic carbocycles. The maximum Gasteiger partial charge on any atom is 0.130 e. The summed E-state index contributed by atoms with van der Waals surface area (Å²) in [7, 11) is 0. The molecule has 0 saturated heterocycles. The molecule has 0 bridgehead atoms. The van der Waals surface area contributed by atoms with E-state index in [-0.39, 0.29) is 10.8 Å². The van der Waals surface area contributed by atoms with E-state index < -0.39 is 0 Å². The predicted molar refractivity (Wildman–Crippen MR) is 141 cm³/mol. The van der Waals surface area contributed by atoms with Crippen LogP contribution in [0.15, 0.2) is 48.6 Å². The molecule has 1 nitrogen and oxygen atoms in total. The third-order valence-electron chi connectivity index (χ3n) is 7.61. The van der Waals surface area contributed by atoms with Gasteiger partial charge < -0.3 is 5.11 Å². The van der Waals surface area contributed by atoms with Gasteiger partial charge in [-0.1, -0.05) is 91.8 Å². The molecule has 0 aromatic heterocycles. The second kappa shape index (κ2) is 9.08. The quantitative estimate of drug-likeness (QED) is 0.503. The van der Waals surface area contributed by atoms with Crippen LogP contribution in [-0.2, 0) is 0 Å². The van der Waals surface area contributed by atoms with Crippen LogP contribution >= 0.6 is 0 Å². The lowest BCUT2D eigenvalue weighted by Crippen LogP contribution is -2.29. The lowest BCUT2D eigenvalue weighted by Gasteiger charge is -2.39. The van der Waals surface area contributed by atoms with Crippen LogP contribution < -0.4 is 0 Å². The lowest BCUT2D eigenvalue weighted by molar-refractivity contribution is 0.235. The van der Waals surface area contributed by atoms with Gasteiger partial charge in [0.1, 0.15) is 5.75 Å². The highest BCUT2D eigenvalue weighted by Crippen LogP contribution is 2.50. The molecule has 32 heavy (non-hydrogen) atoms. The predicted octanol–water partition coefficient (Wildman–Crippen LogP) is 8.98. The number of allylic oxidation sites excluding steroid dienone is 8. The van der Waals surface area contributed by atoms with Crippen LogP contribution in [0.1, 0.15) is 84.9 Å². The third-order valence-corrected chi connectivity index (χ3v) is 7.61. The topological polar surface area (TPSA) is 20.2 Å². The SMILES string of the molecule is CCC1C(c2cc(C)cc(C3=CC=CC(C(C)(C)C)C3CC)c2O)=CC=CC1C(C)(C)C. The second-order valence-corrected chi connectivity index (χ2v) is 12.0. The zero-order valence-corrected chi connectivity index (χ0v) is 21.8. The number of aromatic hydroxyl groups is 1. The smallest absolute Gasteiger partial charge is 0.130 e. The first-order valence-electron chi connectivity index (χ1n) is 12.5. The van der Waals surface area contributed by atoms with Crippen molar-refractivity contribution in [3.63, 3.8) is 0 Å².